The van der Waals surface area contributed by atoms with Crippen LogP contribution in [0.4, 0.5) is 0 Å². The highest BCUT2D eigenvalue weighted by molar-refractivity contribution is 5.72. The smallest absolute Gasteiger partial charge is 0.309 e. The minimum absolute atomic E-state index is 0.224. The van der Waals surface area contributed by atoms with E-state index >= 15 is 0 Å². The van der Waals surface area contributed by atoms with Crippen LogP contribution in [-0.4, -0.2) is 41.8 Å². The lowest BCUT2D eigenvalue weighted by Crippen LogP contribution is -2.59. The van der Waals surface area contributed by atoms with E-state index in [1.165, 1.54) is 7.11 Å². The summed E-state index contributed by atoms with van der Waals surface area (Å²) in [6.07, 6.45) is 0.302. The van der Waals surface area contributed by atoms with Gasteiger partial charge >= 0.3 is 5.97 Å². The van der Waals surface area contributed by atoms with Gasteiger partial charge in [-0.15, -0.1) is 0 Å². The Morgan fingerprint density at radius 2 is 2.00 bits per heavy atom. The van der Waals surface area contributed by atoms with Crippen LogP contribution in [0.5, 0.6) is 0 Å². The van der Waals surface area contributed by atoms with Crippen molar-refractivity contribution < 1.29 is 14.6 Å². The molecule has 1 aromatic carbocycles. The molecule has 1 aliphatic rings. The molecule has 0 bridgehead atoms. The summed E-state index contributed by atoms with van der Waals surface area (Å²) in [6, 6.07) is 7.86. The molecule has 4 heteroatoms. The van der Waals surface area contributed by atoms with Crippen molar-refractivity contribution in [3.05, 3.63) is 35.4 Å². The lowest BCUT2D eigenvalue weighted by Gasteiger charge is -2.44. The number of hydrogen-bond donors (Lipinski definition) is 1. The Balaban J connectivity index is 2.02. The third-order valence-corrected chi connectivity index (χ3v) is 3.20. The van der Waals surface area contributed by atoms with E-state index in [4.69, 9.17) is 4.74 Å². The first kappa shape index (κ1) is 13.1. The zero-order valence-electron chi connectivity index (χ0n) is 10.8. The molecule has 2 rings (SSSR count). The van der Waals surface area contributed by atoms with Crippen LogP contribution in [0.25, 0.3) is 0 Å². The van der Waals surface area contributed by atoms with Crippen LogP contribution < -0.4 is 0 Å². The van der Waals surface area contributed by atoms with Gasteiger partial charge in [0.05, 0.1) is 19.1 Å². The first-order valence-electron chi connectivity index (χ1n) is 6.08. The maximum absolute atomic E-state index is 11.3. The fraction of sp³-hybridized carbons (Fsp3) is 0.500. The molecule has 0 amide bonds. The molecule has 1 aromatic rings. The number of esters is 1. The zero-order chi connectivity index (χ0) is 13.2. The molecule has 1 fully saturated rings. The Hall–Kier alpha value is -1.39. The molecular weight excluding hydrogens is 230 g/mol. The Kier molecular flexibility index (Phi) is 3.68. The number of likely N-dealkylation sites (tertiary alicyclic amines) is 1. The average Bonchev–Trinajstić information content (AvgIpc) is 2.29. The van der Waals surface area contributed by atoms with Gasteiger partial charge in [-0.3, -0.25) is 9.69 Å². The van der Waals surface area contributed by atoms with Crippen molar-refractivity contribution in [3.8, 4) is 0 Å². The van der Waals surface area contributed by atoms with Crippen LogP contribution in [0.3, 0.4) is 0 Å². The Morgan fingerprint density at radius 1 is 1.39 bits per heavy atom. The fourth-order valence-electron chi connectivity index (χ4n) is 2.38. The second kappa shape index (κ2) is 5.08. The van der Waals surface area contributed by atoms with E-state index < -0.39 is 5.60 Å². The molecule has 1 aliphatic heterocycles. The summed E-state index contributed by atoms with van der Waals surface area (Å²) in [5, 5.41) is 9.70. The molecular formula is C14H19NO3. The van der Waals surface area contributed by atoms with Gasteiger partial charge < -0.3 is 9.84 Å². The number of carbonyl (C=O) groups excluding carboxylic acids is 1. The minimum atomic E-state index is -0.558. The molecule has 1 N–H and O–H groups in total. The molecule has 98 valence electrons. The SMILES string of the molecule is COC(=O)Cc1ccccc1CN1CC(C)(O)C1. The van der Waals surface area contributed by atoms with Crippen molar-refractivity contribution in [2.24, 2.45) is 0 Å². The zero-order valence-corrected chi connectivity index (χ0v) is 10.8. The Labute approximate surface area is 107 Å². The Bertz CT molecular complexity index is 434. The van der Waals surface area contributed by atoms with E-state index in [0.717, 1.165) is 17.7 Å². The van der Waals surface area contributed by atoms with E-state index in [2.05, 4.69) is 4.90 Å². The van der Waals surface area contributed by atoms with Crippen LogP contribution in [-0.2, 0) is 22.5 Å². The molecule has 1 saturated heterocycles. The number of β-amino-alcohol motifs (C(OH)–C–C–N with tert-alkyl or cyclic N) is 1. The van der Waals surface area contributed by atoms with Gasteiger partial charge in [-0.2, -0.15) is 0 Å². The summed E-state index contributed by atoms with van der Waals surface area (Å²) in [6.45, 7) is 3.96. The van der Waals surface area contributed by atoms with Crippen molar-refractivity contribution in [2.75, 3.05) is 20.2 Å². The van der Waals surface area contributed by atoms with Gasteiger partial charge in [-0.05, 0) is 18.1 Å². The third-order valence-electron chi connectivity index (χ3n) is 3.20. The van der Waals surface area contributed by atoms with Gasteiger partial charge in [0.2, 0.25) is 0 Å². The van der Waals surface area contributed by atoms with Crippen LogP contribution >= 0.6 is 0 Å². The van der Waals surface area contributed by atoms with E-state index in [0.29, 0.717) is 19.5 Å². The van der Waals surface area contributed by atoms with Crippen molar-refractivity contribution in [1.82, 2.24) is 4.90 Å². The lowest BCUT2D eigenvalue weighted by atomic mass is 9.95. The van der Waals surface area contributed by atoms with Gasteiger partial charge in [0.25, 0.3) is 0 Å². The molecule has 0 aromatic heterocycles. The normalized spacial score (nSPS) is 18.2. The topological polar surface area (TPSA) is 49.8 Å². The quantitative estimate of drug-likeness (QED) is 0.808. The number of rotatable bonds is 4. The first-order valence-corrected chi connectivity index (χ1v) is 6.08. The summed E-state index contributed by atoms with van der Waals surface area (Å²) in [4.78, 5) is 13.5. The maximum Gasteiger partial charge on any atom is 0.309 e. The standard InChI is InChI=1S/C14H19NO3/c1-14(17)9-15(10-14)8-12-6-4-3-5-11(12)7-13(16)18-2/h3-6,17H,7-10H2,1-2H3. The van der Waals surface area contributed by atoms with Crippen molar-refractivity contribution >= 4 is 5.97 Å². The van der Waals surface area contributed by atoms with Crippen LogP contribution in [0.2, 0.25) is 0 Å². The molecule has 4 nitrogen and oxygen atoms in total. The number of ether oxygens (including phenoxy) is 1. The monoisotopic (exact) mass is 249 g/mol. The van der Waals surface area contributed by atoms with E-state index in [1.807, 2.05) is 31.2 Å². The third kappa shape index (κ3) is 3.09. The largest absolute Gasteiger partial charge is 0.469 e. The molecule has 18 heavy (non-hydrogen) atoms. The summed E-state index contributed by atoms with van der Waals surface area (Å²) in [5.41, 5.74) is 1.56. The van der Waals surface area contributed by atoms with Gasteiger partial charge in [0, 0.05) is 19.6 Å². The molecule has 0 atom stereocenters. The molecule has 0 aliphatic carbocycles. The van der Waals surface area contributed by atoms with E-state index in [-0.39, 0.29) is 5.97 Å². The second-order valence-electron chi connectivity index (χ2n) is 5.16. The van der Waals surface area contributed by atoms with E-state index in [9.17, 15) is 9.90 Å². The first-order chi connectivity index (χ1) is 8.50. The highest BCUT2D eigenvalue weighted by Gasteiger charge is 2.36. The summed E-state index contributed by atoms with van der Waals surface area (Å²) in [5.74, 6) is -0.224. The van der Waals surface area contributed by atoms with Crippen molar-refractivity contribution in [2.45, 2.75) is 25.5 Å². The summed E-state index contributed by atoms with van der Waals surface area (Å²) in [7, 11) is 1.40. The van der Waals surface area contributed by atoms with Gasteiger partial charge in [-0.1, -0.05) is 24.3 Å². The van der Waals surface area contributed by atoms with Crippen LogP contribution in [0.1, 0.15) is 18.1 Å². The predicted molar refractivity (Wildman–Crippen MR) is 68.1 cm³/mol. The van der Waals surface area contributed by atoms with Crippen molar-refractivity contribution in [1.29, 1.82) is 0 Å². The predicted octanol–water partition coefficient (Wildman–Crippen LogP) is 0.969. The number of hydrogen-bond acceptors (Lipinski definition) is 4. The number of methoxy groups -OCH3 is 1. The number of aliphatic hydroxyl groups is 1. The average molecular weight is 249 g/mol. The van der Waals surface area contributed by atoms with Crippen LogP contribution in [0, 0.1) is 0 Å². The molecule has 0 saturated carbocycles. The van der Waals surface area contributed by atoms with Gasteiger partial charge in [-0.25, -0.2) is 0 Å². The summed E-state index contributed by atoms with van der Waals surface area (Å²) < 4.78 is 4.69. The maximum atomic E-state index is 11.3. The highest BCUT2D eigenvalue weighted by atomic mass is 16.5. The molecule has 0 spiro atoms. The second-order valence-corrected chi connectivity index (χ2v) is 5.16. The highest BCUT2D eigenvalue weighted by Crippen LogP contribution is 2.23. The van der Waals surface area contributed by atoms with E-state index in [1.54, 1.807) is 0 Å². The number of carbonyl (C=O) groups is 1. The van der Waals surface area contributed by atoms with Crippen molar-refractivity contribution in [3.63, 3.8) is 0 Å². The number of nitrogens with zero attached hydrogens (tertiary/aromatic N) is 1. The lowest BCUT2D eigenvalue weighted by molar-refractivity contribution is -0.139. The van der Waals surface area contributed by atoms with Gasteiger partial charge in [0.15, 0.2) is 0 Å². The molecule has 1 heterocycles. The summed E-state index contributed by atoms with van der Waals surface area (Å²) >= 11 is 0. The molecule has 0 unspecified atom stereocenters. The minimum Gasteiger partial charge on any atom is -0.469 e. The molecule has 0 radical (unpaired) electrons. The fourth-order valence-corrected chi connectivity index (χ4v) is 2.38. The van der Waals surface area contributed by atoms with Gasteiger partial charge in [0.1, 0.15) is 0 Å². The van der Waals surface area contributed by atoms with Crippen LogP contribution in [0.15, 0.2) is 24.3 Å². The number of benzene rings is 1. The Morgan fingerprint density at radius 3 is 2.56 bits per heavy atom.